The number of nitrogens with one attached hydrogen (secondary N) is 1. The highest BCUT2D eigenvalue weighted by atomic mass is 15.2. The molecule has 0 aromatic rings. The van der Waals surface area contributed by atoms with Gasteiger partial charge in [0.1, 0.15) is 0 Å². The Labute approximate surface area is 101 Å². The van der Waals surface area contributed by atoms with Gasteiger partial charge in [0.15, 0.2) is 0 Å². The van der Waals surface area contributed by atoms with Crippen LogP contribution in [0.2, 0.25) is 0 Å². The molecular weight excluding hydrogens is 196 g/mol. The van der Waals surface area contributed by atoms with Crippen LogP contribution in [0.4, 0.5) is 0 Å². The third kappa shape index (κ3) is 2.98. The normalized spacial score (nSPS) is 29.1. The Morgan fingerprint density at radius 3 is 2.50 bits per heavy atom. The number of rotatable bonds is 4. The predicted molar refractivity (Wildman–Crippen MR) is 69.7 cm³/mol. The van der Waals surface area contributed by atoms with Gasteiger partial charge < -0.3 is 5.32 Å². The number of hydrogen-bond acceptors (Lipinski definition) is 2. The van der Waals surface area contributed by atoms with Crippen molar-refractivity contribution in [3.63, 3.8) is 0 Å². The molecule has 2 rings (SSSR count). The summed E-state index contributed by atoms with van der Waals surface area (Å²) in [5.41, 5.74) is 0.338. The predicted octanol–water partition coefficient (Wildman–Crippen LogP) is 2.64. The van der Waals surface area contributed by atoms with Gasteiger partial charge in [-0.2, -0.15) is 0 Å². The zero-order valence-electron chi connectivity index (χ0n) is 11.3. The van der Waals surface area contributed by atoms with Crippen molar-refractivity contribution in [1.29, 1.82) is 0 Å². The lowest BCUT2D eigenvalue weighted by molar-refractivity contribution is 0.0662. The van der Waals surface area contributed by atoms with Crippen molar-refractivity contribution in [3.8, 4) is 0 Å². The molecule has 2 aliphatic rings. The molecule has 1 N–H and O–H groups in total. The molecule has 1 aliphatic carbocycles. The van der Waals surface area contributed by atoms with Crippen LogP contribution in [0.15, 0.2) is 0 Å². The molecule has 1 saturated carbocycles. The summed E-state index contributed by atoms with van der Waals surface area (Å²) in [6.45, 7) is 10.9. The van der Waals surface area contributed by atoms with Gasteiger partial charge in [-0.15, -0.1) is 0 Å². The van der Waals surface area contributed by atoms with Gasteiger partial charge in [0.2, 0.25) is 0 Å². The lowest BCUT2D eigenvalue weighted by atomic mass is 9.90. The maximum absolute atomic E-state index is 3.73. The highest BCUT2D eigenvalue weighted by Crippen LogP contribution is 2.24. The van der Waals surface area contributed by atoms with Crippen molar-refractivity contribution in [2.45, 2.75) is 64.5 Å². The molecule has 1 atom stereocenters. The fourth-order valence-electron chi connectivity index (χ4n) is 2.86. The molecule has 1 unspecified atom stereocenters. The highest BCUT2D eigenvalue weighted by molar-refractivity contribution is 4.89. The molecule has 94 valence electrons. The number of piperidine rings is 1. The molecule has 2 fully saturated rings. The van der Waals surface area contributed by atoms with Crippen LogP contribution in [0.5, 0.6) is 0 Å². The summed E-state index contributed by atoms with van der Waals surface area (Å²) in [6.07, 6.45) is 7.02. The first kappa shape index (κ1) is 12.4. The summed E-state index contributed by atoms with van der Waals surface area (Å²) in [5.74, 6) is 0.886. The van der Waals surface area contributed by atoms with Gasteiger partial charge in [-0.05, 0) is 52.0 Å². The Kier molecular flexibility index (Phi) is 3.91. The van der Waals surface area contributed by atoms with Gasteiger partial charge in [-0.1, -0.05) is 13.3 Å². The first-order valence-electron chi connectivity index (χ1n) is 7.06. The zero-order chi connectivity index (χ0) is 11.6. The van der Waals surface area contributed by atoms with E-state index in [1.54, 1.807) is 0 Å². The van der Waals surface area contributed by atoms with Crippen LogP contribution in [0.25, 0.3) is 0 Å². The van der Waals surface area contributed by atoms with Gasteiger partial charge >= 0.3 is 0 Å². The van der Waals surface area contributed by atoms with Crippen LogP contribution in [-0.2, 0) is 0 Å². The molecule has 0 radical (unpaired) electrons. The average molecular weight is 224 g/mol. The summed E-state index contributed by atoms with van der Waals surface area (Å²) in [5, 5.41) is 3.73. The van der Waals surface area contributed by atoms with E-state index in [1.807, 2.05) is 0 Å². The van der Waals surface area contributed by atoms with Gasteiger partial charge in [-0.25, -0.2) is 0 Å². The second-order valence-electron chi connectivity index (χ2n) is 6.51. The van der Waals surface area contributed by atoms with Crippen molar-refractivity contribution in [1.82, 2.24) is 10.2 Å². The molecule has 0 aromatic heterocycles. The Morgan fingerprint density at radius 1 is 1.19 bits per heavy atom. The number of hydrogen-bond donors (Lipinski definition) is 1. The lowest BCUT2D eigenvalue weighted by Gasteiger charge is -2.44. The van der Waals surface area contributed by atoms with E-state index >= 15 is 0 Å². The van der Waals surface area contributed by atoms with Gasteiger partial charge in [0.25, 0.3) is 0 Å². The fourth-order valence-corrected chi connectivity index (χ4v) is 2.86. The minimum Gasteiger partial charge on any atom is -0.312 e. The second-order valence-corrected chi connectivity index (χ2v) is 6.51. The Morgan fingerprint density at radius 2 is 1.94 bits per heavy atom. The van der Waals surface area contributed by atoms with Crippen LogP contribution in [-0.4, -0.2) is 36.1 Å². The second kappa shape index (κ2) is 5.05. The van der Waals surface area contributed by atoms with Gasteiger partial charge in [0, 0.05) is 24.7 Å². The Balaban J connectivity index is 1.79. The van der Waals surface area contributed by atoms with E-state index in [9.17, 15) is 0 Å². The number of nitrogens with zero attached hydrogens (tertiary/aromatic N) is 1. The fraction of sp³-hybridized carbons (Fsp3) is 1.00. The molecule has 1 aliphatic heterocycles. The molecular formula is C14H28N2. The van der Waals surface area contributed by atoms with E-state index in [0.717, 1.165) is 18.5 Å². The van der Waals surface area contributed by atoms with E-state index in [0.29, 0.717) is 5.54 Å². The molecule has 2 heteroatoms. The first-order valence-corrected chi connectivity index (χ1v) is 7.06. The quantitative estimate of drug-likeness (QED) is 0.790. The molecule has 0 bridgehead atoms. The summed E-state index contributed by atoms with van der Waals surface area (Å²) < 4.78 is 0. The first-order chi connectivity index (χ1) is 7.58. The molecule has 0 amide bonds. The summed E-state index contributed by atoms with van der Waals surface area (Å²) in [6, 6.07) is 0.821. The summed E-state index contributed by atoms with van der Waals surface area (Å²) >= 11 is 0. The third-order valence-corrected chi connectivity index (χ3v) is 4.44. The third-order valence-electron chi connectivity index (χ3n) is 4.44. The minimum atomic E-state index is 0.338. The van der Waals surface area contributed by atoms with E-state index in [-0.39, 0.29) is 0 Å². The van der Waals surface area contributed by atoms with Crippen molar-refractivity contribution in [2.75, 3.05) is 19.6 Å². The topological polar surface area (TPSA) is 15.3 Å². The van der Waals surface area contributed by atoms with Crippen LogP contribution in [0.3, 0.4) is 0 Å². The molecule has 1 heterocycles. The van der Waals surface area contributed by atoms with Crippen LogP contribution in [0.1, 0.15) is 52.9 Å². The molecule has 0 aromatic carbocycles. The largest absolute Gasteiger partial charge is 0.312 e. The lowest BCUT2D eigenvalue weighted by Crippen LogP contribution is -2.55. The number of likely N-dealkylation sites (tertiary alicyclic amines) is 1. The van der Waals surface area contributed by atoms with Crippen molar-refractivity contribution >= 4 is 0 Å². The Bertz CT molecular complexity index is 221. The maximum Gasteiger partial charge on any atom is 0.0277 e. The molecule has 16 heavy (non-hydrogen) atoms. The zero-order valence-corrected chi connectivity index (χ0v) is 11.3. The van der Waals surface area contributed by atoms with Crippen molar-refractivity contribution < 1.29 is 0 Å². The van der Waals surface area contributed by atoms with Crippen molar-refractivity contribution in [2.24, 2.45) is 5.92 Å². The maximum atomic E-state index is 3.73. The molecule has 2 nitrogen and oxygen atoms in total. The van der Waals surface area contributed by atoms with Gasteiger partial charge in [-0.3, -0.25) is 4.90 Å². The standard InChI is InChI=1S/C14H28N2/c1-12-6-5-9-16(10-12)14(2,3)11-15-13-7-4-8-13/h12-13,15H,4-11H2,1-3H3. The van der Waals surface area contributed by atoms with E-state index in [1.165, 1.54) is 45.2 Å². The highest BCUT2D eigenvalue weighted by Gasteiger charge is 2.31. The molecule has 1 saturated heterocycles. The summed E-state index contributed by atoms with van der Waals surface area (Å²) in [4.78, 5) is 2.69. The Hall–Kier alpha value is -0.0800. The van der Waals surface area contributed by atoms with Crippen LogP contribution < -0.4 is 5.32 Å². The van der Waals surface area contributed by atoms with Gasteiger partial charge in [0.05, 0.1) is 0 Å². The van der Waals surface area contributed by atoms with E-state index in [2.05, 4.69) is 31.0 Å². The minimum absolute atomic E-state index is 0.338. The molecule has 0 spiro atoms. The smallest absolute Gasteiger partial charge is 0.0277 e. The SMILES string of the molecule is CC1CCCN(C(C)(C)CNC2CCC2)C1. The van der Waals surface area contributed by atoms with Crippen molar-refractivity contribution in [3.05, 3.63) is 0 Å². The monoisotopic (exact) mass is 224 g/mol. The average Bonchev–Trinajstić information content (AvgIpc) is 2.15. The van der Waals surface area contributed by atoms with Crippen LogP contribution in [0, 0.1) is 5.92 Å². The summed E-state index contributed by atoms with van der Waals surface area (Å²) in [7, 11) is 0. The van der Waals surface area contributed by atoms with E-state index < -0.39 is 0 Å². The van der Waals surface area contributed by atoms with E-state index in [4.69, 9.17) is 0 Å². The van der Waals surface area contributed by atoms with Crippen LogP contribution >= 0.6 is 0 Å².